The van der Waals surface area contributed by atoms with Crippen molar-refractivity contribution in [2.75, 3.05) is 11.1 Å². The zero-order chi connectivity index (χ0) is 23.8. The second kappa shape index (κ2) is 8.83. The maximum Gasteiger partial charge on any atom is 0.302 e. The highest BCUT2D eigenvalue weighted by Crippen LogP contribution is 2.29. The molecule has 0 aliphatic carbocycles. The van der Waals surface area contributed by atoms with Crippen molar-refractivity contribution < 1.29 is 9.21 Å². The topological polar surface area (TPSA) is 77.1 Å². The number of hydrogen-bond acceptors (Lipinski definition) is 5. The summed E-state index contributed by atoms with van der Waals surface area (Å²) >= 11 is 1.22. The maximum absolute atomic E-state index is 13.6. The molecular weight excluding hydrogens is 446 g/mol. The Morgan fingerprint density at radius 1 is 1.03 bits per heavy atom. The van der Waals surface area contributed by atoms with Crippen LogP contribution in [0.25, 0.3) is 27.8 Å². The largest absolute Gasteiger partial charge is 0.448 e. The second-order valence-electron chi connectivity index (χ2n) is 8.23. The van der Waals surface area contributed by atoms with Crippen molar-refractivity contribution in [3.63, 3.8) is 0 Å². The van der Waals surface area contributed by atoms with Crippen molar-refractivity contribution in [1.82, 2.24) is 9.55 Å². The Morgan fingerprint density at radius 3 is 2.65 bits per heavy atom. The predicted octanol–water partition coefficient (Wildman–Crippen LogP) is 5.79. The van der Waals surface area contributed by atoms with Crippen LogP contribution in [0.5, 0.6) is 0 Å². The Kier molecular flexibility index (Phi) is 5.71. The highest BCUT2D eigenvalue weighted by atomic mass is 32.2. The van der Waals surface area contributed by atoms with Gasteiger partial charge >= 0.3 is 5.56 Å². The number of aryl methyl sites for hydroxylation is 2. The van der Waals surface area contributed by atoms with E-state index in [1.807, 2.05) is 87.5 Å². The van der Waals surface area contributed by atoms with E-state index in [0.717, 1.165) is 27.8 Å². The van der Waals surface area contributed by atoms with Gasteiger partial charge in [-0.05, 0) is 67.8 Å². The Labute approximate surface area is 200 Å². The van der Waals surface area contributed by atoms with E-state index in [-0.39, 0.29) is 22.8 Å². The first kappa shape index (κ1) is 22.0. The molecule has 3 aromatic carbocycles. The molecule has 0 saturated heterocycles. The van der Waals surface area contributed by atoms with Crippen LogP contribution in [0.3, 0.4) is 0 Å². The van der Waals surface area contributed by atoms with Crippen LogP contribution in [0.1, 0.15) is 16.7 Å². The molecule has 0 bridgehead atoms. The van der Waals surface area contributed by atoms with Crippen molar-refractivity contribution in [3.8, 4) is 5.69 Å². The number of carbonyl (C=O) groups excluding carboxylic acids is 1. The maximum atomic E-state index is 13.6. The normalized spacial score (nSPS) is 11.3. The minimum atomic E-state index is -0.302. The number of amides is 1. The van der Waals surface area contributed by atoms with Gasteiger partial charge in [0.05, 0.1) is 11.4 Å². The number of thioether (sulfide) groups is 1. The first-order valence-electron chi connectivity index (χ1n) is 10.9. The molecule has 170 valence electrons. The summed E-state index contributed by atoms with van der Waals surface area (Å²) in [6, 6.07) is 20.9. The minimum Gasteiger partial charge on any atom is -0.448 e. The molecule has 7 heteroatoms. The zero-order valence-corrected chi connectivity index (χ0v) is 19.9. The van der Waals surface area contributed by atoms with Crippen molar-refractivity contribution in [2.45, 2.75) is 25.9 Å². The van der Waals surface area contributed by atoms with Gasteiger partial charge in [-0.2, -0.15) is 0 Å². The lowest BCUT2D eigenvalue weighted by Crippen LogP contribution is -2.22. The highest BCUT2D eigenvalue weighted by molar-refractivity contribution is 7.99. The molecule has 0 aliphatic rings. The van der Waals surface area contributed by atoms with Crippen LogP contribution in [-0.2, 0) is 4.79 Å². The van der Waals surface area contributed by atoms with E-state index in [2.05, 4.69) is 5.32 Å². The Morgan fingerprint density at radius 2 is 1.82 bits per heavy atom. The number of fused-ring (bicyclic) bond motifs is 3. The Bertz CT molecular complexity index is 1620. The fourth-order valence-electron chi connectivity index (χ4n) is 3.92. The molecular formula is C27H23N3O3S. The molecule has 0 aliphatic heterocycles. The summed E-state index contributed by atoms with van der Waals surface area (Å²) in [6.45, 7) is 5.95. The van der Waals surface area contributed by atoms with Gasteiger partial charge in [0.15, 0.2) is 5.16 Å². The number of benzene rings is 3. The predicted molar refractivity (Wildman–Crippen MR) is 137 cm³/mol. The van der Waals surface area contributed by atoms with Crippen molar-refractivity contribution in [1.29, 1.82) is 0 Å². The van der Waals surface area contributed by atoms with E-state index >= 15 is 0 Å². The molecule has 5 aromatic rings. The van der Waals surface area contributed by atoms with Crippen molar-refractivity contribution in [3.05, 3.63) is 93.8 Å². The van der Waals surface area contributed by atoms with Crippen LogP contribution >= 0.6 is 11.8 Å². The Hall–Kier alpha value is -3.84. The number of nitrogens with zero attached hydrogens (tertiary/aromatic N) is 2. The molecule has 0 spiro atoms. The third-order valence-electron chi connectivity index (χ3n) is 5.84. The lowest BCUT2D eigenvalue weighted by atomic mass is 10.1. The van der Waals surface area contributed by atoms with Gasteiger partial charge in [-0.3, -0.25) is 14.2 Å². The van der Waals surface area contributed by atoms with E-state index in [1.54, 1.807) is 0 Å². The number of hydrogen-bond donors (Lipinski definition) is 1. The van der Waals surface area contributed by atoms with Crippen LogP contribution in [0.2, 0.25) is 0 Å². The SMILES string of the molecule is Cc1cccc(-n2c(SCC(=O)Nc3cccc(C)c3C)nc3c(oc4ccccc43)c2=O)c1. The van der Waals surface area contributed by atoms with E-state index in [9.17, 15) is 9.59 Å². The number of furan rings is 1. The van der Waals surface area contributed by atoms with Gasteiger partial charge in [0.2, 0.25) is 11.5 Å². The summed E-state index contributed by atoms with van der Waals surface area (Å²) < 4.78 is 7.40. The summed E-state index contributed by atoms with van der Waals surface area (Å²) in [5.74, 6) is -0.0617. The molecule has 0 saturated carbocycles. The fourth-order valence-corrected chi connectivity index (χ4v) is 4.72. The lowest BCUT2D eigenvalue weighted by molar-refractivity contribution is -0.113. The number of anilines is 1. The lowest BCUT2D eigenvalue weighted by Gasteiger charge is -2.13. The number of rotatable bonds is 5. The van der Waals surface area contributed by atoms with Gasteiger partial charge in [-0.1, -0.05) is 48.2 Å². The first-order valence-corrected chi connectivity index (χ1v) is 11.9. The fraction of sp³-hybridized carbons (Fsp3) is 0.148. The smallest absolute Gasteiger partial charge is 0.302 e. The van der Waals surface area contributed by atoms with Crippen LogP contribution in [0, 0.1) is 20.8 Å². The molecule has 1 amide bonds. The minimum absolute atomic E-state index is 0.104. The zero-order valence-electron chi connectivity index (χ0n) is 19.1. The average molecular weight is 470 g/mol. The molecule has 0 fully saturated rings. The van der Waals surface area contributed by atoms with Crippen LogP contribution in [0.15, 0.2) is 81.1 Å². The summed E-state index contributed by atoms with van der Waals surface area (Å²) in [5.41, 5.74) is 5.62. The van der Waals surface area contributed by atoms with E-state index in [4.69, 9.17) is 9.40 Å². The second-order valence-corrected chi connectivity index (χ2v) is 9.18. The van der Waals surface area contributed by atoms with Gasteiger partial charge in [0.1, 0.15) is 11.1 Å². The molecule has 2 aromatic heterocycles. The number of aromatic nitrogens is 2. The first-order chi connectivity index (χ1) is 16.4. The average Bonchev–Trinajstić information content (AvgIpc) is 3.20. The van der Waals surface area contributed by atoms with Crippen LogP contribution in [0.4, 0.5) is 5.69 Å². The molecule has 1 N–H and O–H groups in total. The third-order valence-corrected chi connectivity index (χ3v) is 6.77. The number of carbonyl (C=O) groups is 1. The number of para-hydroxylation sites is 1. The van der Waals surface area contributed by atoms with Crippen LogP contribution in [-0.4, -0.2) is 21.2 Å². The van der Waals surface area contributed by atoms with E-state index in [1.165, 1.54) is 16.3 Å². The van der Waals surface area contributed by atoms with Crippen molar-refractivity contribution in [2.24, 2.45) is 0 Å². The van der Waals surface area contributed by atoms with Crippen molar-refractivity contribution >= 4 is 45.4 Å². The quantitative estimate of drug-likeness (QED) is 0.260. The van der Waals surface area contributed by atoms with Gasteiger partial charge < -0.3 is 9.73 Å². The molecule has 0 unspecified atom stereocenters. The summed E-state index contributed by atoms with van der Waals surface area (Å²) in [6.07, 6.45) is 0. The third kappa shape index (κ3) is 3.99. The summed E-state index contributed by atoms with van der Waals surface area (Å²) in [7, 11) is 0. The van der Waals surface area contributed by atoms with Gasteiger partial charge in [0, 0.05) is 11.1 Å². The van der Waals surface area contributed by atoms with Crippen LogP contribution < -0.4 is 10.9 Å². The van der Waals surface area contributed by atoms with Gasteiger partial charge in [-0.25, -0.2) is 4.98 Å². The summed E-state index contributed by atoms with van der Waals surface area (Å²) in [5, 5.41) is 4.18. The van der Waals surface area contributed by atoms with E-state index < -0.39 is 0 Å². The molecule has 0 atom stereocenters. The highest BCUT2D eigenvalue weighted by Gasteiger charge is 2.20. The molecule has 6 nitrogen and oxygen atoms in total. The number of nitrogens with one attached hydrogen (secondary N) is 1. The van der Waals surface area contributed by atoms with E-state index in [0.29, 0.717) is 21.9 Å². The van der Waals surface area contributed by atoms with Gasteiger partial charge in [-0.15, -0.1) is 0 Å². The molecule has 2 heterocycles. The monoisotopic (exact) mass is 469 g/mol. The summed E-state index contributed by atoms with van der Waals surface area (Å²) in [4.78, 5) is 31.2. The van der Waals surface area contributed by atoms with Gasteiger partial charge in [0.25, 0.3) is 0 Å². The molecule has 5 rings (SSSR count). The standard InChI is InChI=1S/C27H23N3O3S/c1-16-8-6-10-19(14-16)30-26(32)25-24(20-11-4-5-13-22(20)33-25)29-27(30)34-15-23(31)28-21-12-7-9-17(2)18(21)3/h4-14H,15H2,1-3H3,(H,28,31). The molecule has 34 heavy (non-hydrogen) atoms. The Balaban J connectivity index is 1.56. The molecule has 0 radical (unpaired) electrons.